The molecule has 1 rings (SSSR count). The topological polar surface area (TPSA) is 77.3 Å². The van der Waals surface area contributed by atoms with Gasteiger partial charge in [0.15, 0.2) is 9.84 Å². The van der Waals surface area contributed by atoms with Gasteiger partial charge >= 0.3 is 0 Å². The minimum absolute atomic E-state index is 0.0675. The van der Waals surface area contributed by atoms with Crippen molar-refractivity contribution in [3.8, 4) is 0 Å². The summed E-state index contributed by atoms with van der Waals surface area (Å²) in [5.41, 5.74) is 0. The van der Waals surface area contributed by atoms with Gasteiger partial charge in [0, 0.05) is 17.8 Å². The molecule has 1 aromatic rings. The lowest BCUT2D eigenvalue weighted by atomic mass is 10.1. The van der Waals surface area contributed by atoms with Crippen molar-refractivity contribution < 1.29 is 13.3 Å². The van der Waals surface area contributed by atoms with Crippen LogP contribution in [0.25, 0.3) is 0 Å². The van der Waals surface area contributed by atoms with Crippen LogP contribution in [0.3, 0.4) is 0 Å². The molecule has 18 heavy (non-hydrogen) atoms. The van der Waals surface area contributed by atoms with Crippen molar-refractivity contribution in [2.45, 2.75) is 37.1 Å². The number of nitrogens with zero attached hydrogens (tertiary/aromatic N) is 1. The maximum atomic E-state index is 11.9. The van der Waals surface area contributed by atoms with Crippen LogP contribution in [0.4, 0.5) is 0 Å². The Morgan fingerprint density at radius 3 is 2.33 bits per heavy atom. The molecule has 1 unspecified atom stereocenters. The summed E-state index contributed by atoms with van der Waals surface area (Å²) in [6.07, 6.45) is 1.16. The van der Waals surface area contributed by atoms with Gasteiger partial charge in [0.05, 0.1) is 10.6 Å². The summed E-state index contributed by atoms with van der Waals surface area (Å²) in [5, 5.41) is 10.8. The Morgan fingerprint density at radius 1 is 1.22 bits per heavy atom. The SMILES string of the molecule is CCCC(CCS(=O)(=O)c1ccccc1)[N+](=O)[O-]. The van der Waals surface area contributed by atoms with Crippen LogP contribution in [0.1, 0.15) is 26.2 Å². The van der Waals surface area contributed by atoms with Gasteiger partial charge < -0.3 is 0 Å². The van der Waals surface area contributed by atoms with Gasteiger partial charge in [-0.2, -0.15) is 0 Å². The molecule has 0 N–H and O–H groups in total. The summed E-state index contributed by atoms with van der Waals surface area (Å²) in [4.78, 5) is 10.6. The molecule has 0 aromatic heterocycles. The Bertz CT molecular complexity index is 484. The Labute approximate surface area is 107 Å². The lowest BCUT2D eigenvalue weighted by Gasteiger charge is -2.08. The van der Waals surface area contributed by atoms with E-state index >= 15 is 0 Å². The molecule has 0 aliphatic rings. The molecule has 5 nitrogen and oxygen atoms in total. The van der Waals surface area contributed by atoms with Crippen LogP contribution in [0.15, 0.2) is 35.2 Å². The van der Waals surface area contributed by atoms with E-state index in [9.17, 15) is 18.5 Å². The van der Waals surface area contributed by atoms with Gasteiger partial charge in [-0.15, -0.1) is 0 Å². The lowest BCUT2D eigenvalue weighted by Crippen LogP contribution is -2.23. The Balaban J connectivity index is 2.70. The van der Waals surface area contributed by atoms with Crippen LogP contribution in [0.2, 0.25) is 0 Å². The molecule has 100 valence electrons. The first-order valence-corrected chi connectivity index (χ1v) is 7.54. The fourth-order valence-corrected chi connectivity index (χ4v) is 3.12. The number of nitro groups is 1. The van der Waals surface area contributed by atoms with Gasteiger partial charge in [-0.05, 0) is 18.6 Å². The predicted molar refractivity (Wildman–Crippen MR) is 68.8 cm³/mol. The van der Waals surface area contributed by atoms with E-state index in [1.165, 1.54) is 12.1 Å². The molecule has 0 aliphatic carbocycles. The largest absolute Gasteiger partial charge is 0.264 e. The third-order valence-corrected chi connectivity index (χ3v) is 4.51. The first-order chi connectivity index (χ1) is 8.47. The van der Waals surface area contributed by atoms with Gasteiger partial charge in [0.1, 0.15) is 0 Å². The smallest absolute Gasteiger partial charge is 0.214 e. The zero-order valence-electron chi connectivity index (χ0n) is 10.3. The predicted octanol–water partition coefficient (Wildman–Crippen LogP) is 2.30. The van der Waals surface area contributed by atoms with Gasteiger partial charge in [-0.3, -0.25) is 10.1 Å². The lowest BCUT2D eigenvalue weighted by molar-refractivity contribution is -0.523. The fraction of sp³-hybridized carbons (Fsp3) is 0.500. The minimum Gasteiger partial charge on any atom is -0.264 e. The van der Waals surface area contributed by atoms with E-state index in [2.05, 4.69) is 0 Å². The highest BCUT2D eigenvalue weighted by atomic mass is 32.2. The quantitative estimate of drug-likeness (QED) is 0.563. The highest BCUT2D eigenvalue weighted by Gasteiger charge is 2.23. The molecule has 0 saturated carbocycles. The molecule has 0 bridgehead atoms. The van der Waals surface area contributed by atoms with Gasteiger partial charge in [0.25, 0.3) is 0 Å². The monoisotopic (exact) mass is 271 g/mol. The summed E-state index contributed by atoms with van der Waals surface area (Å²) in [6, 6.07) is 7.27. The van der Waals surface area contributed by atoms with Crippen LogP contribution in [-0.2, 0) is 9.84 Å². The molecule has 0 spiro atoms. The van der Waals surface area contributed by atoms with Crippen molar-refractivity contribution in [1.82, 2.24) is 0 Å². The Hall–Kier alpha value is -1.43. The van der Waals surface area contributed by atoms with Gasteiger partial charge in [-0.25, -0.2) is 8.42 Å². The van der Waals surface area contributed by atoms with Gasteiger partial charge in [0.2, 0.25) is 6.04 Å². The second-order valence-electron chi connectivity index (χ2n) is 4.15. The molecule has 0 radical (unpaired) electrons. The van der Waals surface area contributed by atoms with E-state index in [-0.39, 0.29) is 22.0 Å². The van der Waals surface area contributed by atoms with Crippen molar-refractivity contribution in [1.29, 1.82) is 0 Å². The number of benzene rings is 1. The standard InChI is InChI=1S/C12H17NO4S/c1-2-6-11(13(14)15)9-10-18(16,17)12-7-4-3-5-8-12/h3-5,7-8,11H,2,6,9-10H2,1H3. The average molecular weight is 271 g/mol. The van der Waals surface area contributed by atoms with E-state index in [4.69, 9.17) is 0 Å². The van der Waals surface area contributed by atoms with E-state index < -0.39 is 15.9 Å². The van der Waals surface area contributed by atoms with Crippen LogP contribution in [-0.4, -0.2) is 25.1 Å². The Morgan fingerprint density at radius 2 is 1.83 bits per heavy atom. The maximum absolute atomic E-state index is 11.9. The van der Waals surface area contributed by atoms with Crippen LogP contribution in [0, 0.1) is 10.1 Å². The minimum atomic E-state index is -3.41. The first-order valence-electron chi connectivity index (χ1n) is 5.88. The molecule has 1 aromatic carbocycles. The molecular weight excluding hydrogens is 254 g/mol. The Kier molecular flexibility index (Phi) is 5.27. The van der Waals surface area contributed by atoms with E-state index in [0.29, 0.717) is 12.8 Å². The third kappa shape index (κ3) is 4.10. The number of rotatable bonds is 7. The van der Waals surface area contributed by atoms with E-state index in [1.54, 1.807) is 18.2 Å². The molecular formula is C12H17NO4S. The molecule has 0 saturated heterocycles. The highest BCUT2D eigenvalue weighted by molar-refractivity contribution is 7.91. The molecule has 0 aliphatic heterocycles. The third-order valence-electron chi connectivity index (χ3n) is 2.74. The summed E-state index contributed by atoms with van der Waals surface area (Å²) in [7, 11) is -3.41. The number of hydrogen-bond donors (Lipinski definition) is 0. The van der Waals surface area contributed by atoms with E-state index in [0.717, 1.165) is 0 Å². The van der Waals surface area contributed by atoms with Crippen molar-refractivity contribution >= 4 is 9.84 Å². The van der Waals surface area contributed by atoms with Crippen molar-refractivity contribution in [3.63, 3.8) is 0 Å². The molecule has 0 fully saturated rings. The van der Waals surface area contributed by atoms with Crippen LogP contribution >= 0.6 is 0 Å². The summed E-state index contributed by atoms with van der Waals surface area (Å²) in [5.74, 6) is -0.178. The second kappa shape index (κ2) is 6.49. The number of sulfone groups is 1. The maximum Gasteiger partial charge on any atom is 0.214 e. The first kappa shape index (κ1) is 14.6. The normalized spacial score (nSPS) is 13.2. The summed E-state index contributed by atoms with van der Waals surface area (Å²) < 4.78 is 23.9. The second-order valence-corrected chi connectivity index (χ2v) is 6.26. The average Bonchev–Trinajstić information content (AvgIpc) is 2.35. The van der Waals surface area contributed by atoms with E-state index in [1.807, 2.05) is 6.92 Å². The van der Waals surface area contributed by atoms with Crippen molar-refractivity contribution in [2.24, 2.45) is 0 Å². The van der Waals surface area contributed by atoms with Crippen molar-refractivity contribution in [2.75, 3.05) is 5.75 Å². The van der Waals surface area contributed by atoms with Crippen LogP contribution < -0.4 is 0 Å². The van der Waals surface area contributed by atoms with Gasteiger partial charge in [-0.1, -0.05) is 25.1 Å². The highest BCUT2D eigenvalue weighted by Crippen LogP contribution is 2.14. The molecule has 0 heterocycles. The fourth-order valence-electron chi connectivity index (χ4n) is 1.73. The summed E-state index contributed by atoms with van der Waals surface area (Å²) in [6.45, 7) is 1.85. The number of hydrogen-bond acceptors (Lipinski definition) is 4. The summed E-state index contributed by atoms with van der Waals surface area (Å²) >= 11 is 0. The molecule has 1 atom stereocenters. The zero-order chi connectivity index (χ0) is 13.6. The molecule has 0 amide bonds. The molecule has 6 heteroatoms. The van der Waals surface area contributed by atoms with Crippen molar-refractivity contribution in [3.05, 3.63) is 40.4 Å². The van der Waals surface area contributed by atoms with Crippen LogP contribution in [0.5, 0.6) is 0 Å². The zero-order valence-corrected chi connectivity index (χ0v) is 11.1.